The van der Waals surface area contributed by atoms with Gasteiger partial charge in [-0.1, -0.05) is 11.6 Å². The lowest BCUT2D eigenvalue weighted by molar-refractivity contribution is -0.159. The third kappa shape index (κ3) is 1.83. The van der Waals surface area contributed by atoms with Gasteiger partial charge in [-0.25, -0.2) is 4.79 Å². The van der Waals surface area contributed by atoms with Gasteiger partial charge in [-0.05, 0) is 30.7 Å². The van der Waals surface area contributed by atoms with E-state index in [9.17, 15) is 14.7 Å². The summed E-state index contributed by atoms with van der Waals surface area (Å²) in [6.07, 6.45) is -0.0828. The number of ether oxygens (including phenoxy) is 1. The Morgan fingerprint density at radius 2 is 2.29 bits per heavy atom. The van der Waals surface area contributed by atoms with Crippen LogP contribution in [-0.4, -0.2) is 29.1 Å². The Kier molecular flexibility index (Phi) is 2.93. The van der Waals surface area contributed by atoms with Crippen LogP contribution >= 0.6 is 11.6 Å². The van der Waals surface area contributed by atoms with Gasteiger partial charge < -0.3 is 9.84 Å². The van der Waals surface area contributed by atoms with Gasteiger partial charge in [0.2, 0.25) is 11.4 Å². The van der Waals surface area contributed by atoms with Gasteiger partial charge in [0.25, 0.3) is 0 Å². The van der Waals surface area contributed by atoms with Crippen molar-refractivity contribution < 1.29 is 19.4 Å². The maximum atomic E-state index is 12.0. The zero-order valence-corrected chi connectivity index (χ0v) is 9.95. The molecule has 1 aliphatic rings. The van der Waals surface area contributed by atoms with E-state index in [1.54, 1.807) is 19.1 Å². The van der Waals surface area contributed by atoms with Crippen molar-refractivity contribution in [2.75, 3.05) is 6.61 Å². The number of carbonyl (C=O) groups excluding carboxylic acids is 2. The highest BCUT2D eigenvalue weighted by molar-refractivity contribution is 6.31. The van der Waals surface area contributed by atoms with Gasteiger partial charge >= 0.3 is 5.97 Å². The molecule has 0 saturated heterocycles. The zero-order chi connectivity index (χ0) is 12.6. The molecule has 0 saturated carbocycles. The van der Waals surface area contributed by atoms with Gasteiger partial charge in [-0.3, -0.25) is 4.79 Å². The monoisotopic (exact) mass is 254 g/mol. The van der Waals surface area contributed by atoms with Crippen molar-refractivity contribution in [3.8, 4) is 0 Å². The number of halogens is 1. The maximum absolute atomic E-state index is 12.0. The Bertz CT molecular complexity index is 497. The molecule has 0 amide bonds. The van der Waals surface area contributed by atoms with E-state index in [-0.39, 0.29) is 13.0 Å². The molecule has 2 rings (SSSR count). The fraction of sp³-hybridized carbons (Fsp3) is 0.333. The summed E-state index contributed by atoms with van der Waals surface area (Å²) in [5, 5.41) is 10.6. The van der Waals surface area contributed by atoms with Gasteiger partial charge in [-0.2, -0.15) is 0 Å². The number of benzene rings is 1. The molecule has 0 aliphatic heterocycles. The van der Waals surface area contributed by atoms with E-state index < -0.39 is 17.4 Å². The maximum Gasteiger partial charge on any atom is 0.346 e. The topological polar surface area (TPSA) is 63.6 Å². The predicted molar refractivity (Wildman–Crippen MR) is 61.1 cm³/mol. The summed E-state index contributed by atoms with van der Waals surface area (Å²) < 4.78 is 4.72. The Balaban J connectivity index is 2.39. The van der Waals surface area contributed by atoms with Crippen LogP contribution in [0.25, 0.3) is 0 Å². The summed E-state index contributed by atoms with van der Waals surface area (Å²) in [5.41, 5.74) is -1.20. The molecule has 1 atom stereocenters. The number of hydrogen-bond acceptors (Lipinski definition) is 4. The first kappa shape index (κ1) is 12.1. The highest BCUT2D eigenvalue weighted by atomic mass is 35.5. The lowest BCUT2D eigenvalue weighted by Crippen LogP contribution is -2.45. The Hall–Kier alpha value is -1.39. The molecule has 1 aromatic carbocycles. The van der Waals surface area contributed by atoms with Crippen LogP contribution in [0.5, 0.6) is 0 Å². The number of esters is 1. The Morgan fingerprint density at radius 1 is 1.59 bits per heavy atom. The summed E-state index contributed by atoms with van der Waals surface area (Å²) in [7, 11) is 0. The minimum Gasteiger partial charge on any atom is -0.463 e. The van der Waals surface area contributed by atoms with E-state index in [1.165, 1.54) is 6.07 Å². The minimum atomic E-state index is -2.09. The van der Waals surface area contributed by atoms with E-state index in [4.69, 9.17) is 16.3 Å². The van der Waals surface area contributed by atoms with E-state index in [0.717, 1.165) is 0 Å². The second kappa shape index (κ2) is 4.13. The summed E-state index contributed by atoms with van der Waals surface area (Å²) in [4.78, 5) is 23.6. The molecule has 0 heterocycles. The lowest BCUT2D eigenvalue weighted by atomic mass is 10.00. The molecule has 1 aromatic rings. The van der Waals surface area contributed by atoms with Gasteiger partial charge in [0, 0.05) is 17.0 Å². The highest BCUT2D eigenvalue weighted by Crippen LogP contribution is 2.32. The average molecular weight is 255 g/mol. The molecule has 0 unspecified atom stereocenters. The Morgan fingerprint density at radius 3 is 2.94 bits per heavy atom. The molecule has 0 bridgehead atoms. The molecule has 0 radical (unpaired) electrons. The van der Waals surface area contributed by atoms with E-state index in [2.05, 4.69) is 0 Å². The van der Waals surface area contributed by atoms with Crippen molar-refractivity contribution in [2.24, 2.45) is 0 Å². The normalized spacial score (nSPS) is 22.4. The molecule has 4 nitrogen and oxygen atoms in total. The van der Waals surface area contributed by atoms with Crippen molar-refractivity contribution in [3.05, 3.63) is 34.3 Å². The number of carbonyl (C=O) groups is 2. The molecule has 17 heavy (non-hydrogen) atoms. The van der Waals surface area contributed by atoms with Crippen molar-refractivity contribution >= 4 is 23.4 Å². The molecule has 5 heteroatoms. The third-order valence-corrected chi connectivity index (χ3v) is 2.98. The molecule has 1 aliphatic carbocycles. The number of ketones is 1. The van der Waals surface area contributed by atoms with Gasteiger partial charge in [-0.15, -0.1) is 0 Å². The summed E-state index contributed by atoms with van der Waals surface area (Å²) >= 11 is 5.80. The number of Topliss-reactive ketones (excluding diaryl/α,β-unsaturated/α-hetero) is 1. The second-order valence-electron chi connectivity index (χ2n) is 3.89. The van der Waals surface area contributed by atoms with Crippen LogP contribution in [0.4, 0.5) is 0 Å². The van der Waals surface area contributed by atoms with E-state index in [1.807, 2.05) is 0 Å². The Labute approximate surface area is 103 Å². The first-order valence-corrected chi connectivity index (χ1v) is 5.59. The molecular weight excluding hydrogens is 244 g/mol. The zero-order valence-electron chi connectivity index (χ0n) is 9.20. The van der Waals surface area contributed by atoms with Crippen LogP contribution in [-0.2, 0) is 16.0 Å². The van der Waals surface area contributed by atoms with Gasteiger partial charge in [0.1, 0.15) is 0 Å². The first-order valence-electron chi connectivity index (χ1n) is 5.22. The van der Waals surface area contributed by atoms with Crippen LogP contribution < -0.4 is 0 Å². The summed E-state index contributed by atoms with van der Waals surface area (Å²) in [6, 6.07) is 4.64. The van der Waals surface area contributed by atoms with Crippen LogP contribution in [0, 0.1) is 0 Å². The molecule has 0 fully saturated rings. The van der Waals surface area contributed by atoms with Crippen LogP contribution in [0.1, 0.15) is 22.8 Å². The second-order valence-corrected chi connectivity index (χ2v) is 4.32. The fourth-order valence-corrected chi connectivity index (χ4v) is 2.12. The fourth-order valence-electron chi connectivity index (χ4n) is 1.92. The smallest absolute Gasteiger partial charge is 0.346 e. The minimum absolute atomic E-state index is 0.0828. The predicted octanol–water partition coefficient (Wildman–Crippen LogP) is 1.37. The van der Waals surface area contributed by atoms with Crippen LogP contribution in [0.2, 0.25) is 5.02 Å². The summed E-state index contributed by atoms with van der Waals surface area (Å²) in [5.74, 6) is -1.53. The van der Waals surface area contributed by atoms with Crippen LogP contribution in [0.15, 0.2) is 18.2 Å². The van der Waals surface area contributed by atoms with Crippen molar-refractivity contribution in [3.63, 3.8) is 0 Å². The lowest BCUT2D eigenvalue weighted by Gasteiger charge is -2.17. The van der Waals surface area contributed by atoms with Crippen molar-refractivity contribution in [1.29, 1.82) is 0 Å². The van der Waals surface area contributed by atoms with E-state index >= 15 is 0 Å². The largest absolute Gasteiger partial charge is 0.463 e. The number of rotatable bonds is 2. The molecule has 90 valence electrons. The first-order chi connectivity index (χ1) is 7.99. The summed E-state index contributed by atoms with van der Waals surface area (Å²) in [6.45, 7) is 1.73. The quantitative estimate of drug-likeness (QED) is 0.640. The highest BCUT2D eigenvalue weighted by Gasteiger charge is 2.51. The molecule has 0 spiro atoms. The standard InChI is InChI=1S/C12H11ClO4/c1-2-17-11(15)12(16)6-7-5-8(13)3-4-9(7)10(12)14/h3-5,16H,2,6H2,1H3/t12-/m1/s1. The van der Waals surface area contributed by atoms with Gasteiger partial charge in [0.05, 0.1) is 6.61 Å². The van der Waals surface area contributed by atoms with Crippen LogP contribution in [0.3, 0.4) is 0 Å². The van der Waals surface area contributed by atoms with Crippen molar-refractivity contribution in [2.45, 2.75) is 18.9 Å². The SMILES string of the molecule is CCOC(=O)[C@@]1(O)Cc2cc(Cl)ccc2C1=O. The molecular formula is C12H11ClO4. The van der Waals surface area contributed by atoms with Crippen molar-refractivity contribution in [1.82, 2.24) is 0 Å². The third-order valence-electron chi connectivity index (χ3n) is 2.75. The number of aliphatic hydroxyl groups is 1. The average Bonchev–Trinajstić information content (AvgIpc) is 2.52. The molecule has 0 aromatic heterocycles. The number of fused-ring (bicyclic) bond motifs is 1. The van der Waals surface area contributed by atoms with E-state index in [0.29, 0.717) is 16.1 Å². The number of hydrogen-bond donors (Lipinski definition) is 1. The van der Waals surface area contributed by atoms with Gasteiger partial charge in [0.15, 0.2) is 0 Å². The molecule has 1 N–H and O–H groups in total.